The standard InChI is InChI=1S/C23H17BrN2O4/c1-13(23(28)29)15-7-10-20-19(12-15)26-22(30-20)16-3-2-4-18(11-16)25-21(27)14-5-8-17(24)9-6-14/h2-13H,1H3,(H,25,27)(H,28,29). The number of hydrogen-bond donors (Lipinski definition) is 2. The molecule has 0 aliphatic heterocycles. The third kappa shape index (κ3) is 4.11. The molecule has 4 rings (SSSR count). The lowest BCUT2D eigenvalue weighted by molar-refractivity contribution is -0.138. The summed E-state index contributed by atoms with van der Waals surface area (Å²) in [5.41, 5.74) is 3.67. The molecule has 2 N–H and O–H groups in total. The van der Waals surface area contributed by atoms with Crippen molar-refractivity contribution in [2.75, 3.05) is 5.32 Å². The van der Waals surface area contributed by atoms with Crippen LogP contribution in [-0.4, -0.2) is 22.0 Å². The summed E-state index contributed by atoms with van der Waals surface area (Å²) in [6.45, 7) is 1.63. The molecule has 3 aromatic carbocycles. The fraction of sp³-hybridized carbons (Fsp3) is 0.0870. The molecule has 30 heavy (non-hydrogen) atoms. The summed E-state index contributed by atoms with van der Waals surface area (Å²) in [6, 6.07) is 19.5. The van der Waals surface area contributed by atoms with Crippen molar-refractivity contribution in [2.24, 2.45) is 0 Å². The van der Waals surface area contributed by atoms with Gasteiger partial charge in [-0.15, -0.1) is 0 Å². The number of carbonyl (C=O) groups is 2. The quantitative estimate of drug-likeness (QED) is 0.395. The van der Waals surface area contributed by atoms with Gasteiger partial charge in [-0.2, -0.15) is 0 Å². The third-order valence-corrected chi connectivity index (χ3v) is 5.28. The van der Waals surface area contributed by atoms with Gasteiger partial charge in [0.1, 0.15) is 5.52 Å². The highest BCUT2D eigenvalue weighted by Crippen LogP contribution is 2.28. The predicted octanol–water partition coefficient (Wildman–Crippen LogP) is 5.70. The van der Waals surface area contributed by atoms with E-state index >= 15 is 0 Å². The number of anilines is 1. The molecular formula is C23H17BrN2O4. The average molecular weight is 465 g/mol. The fourth-order valence-corrected chi connectivity index (χ4v) is 3.28. The Hall–Kier alpha value is -3.45. The van der Waals surface area contributed by atoms with Crippen molar-refractivity contribution in [2.45, 2.75) is 12.8 Å². The largest absolute Gasteiger partial charge is 0.481 e. The third-order valence-electron chi connectivity index (χ3n) is 4.76. The van der Waals surface area contributed by atoms with Crippen LogP contribution in [0.4, 0.5) is 5.69 Å². The second kappa shape index (κ2) is 8.12. The smallest absolute Gasteiger partial charge is 0.310 e. The molecule has 1 unspecified atom stereocenters. The second-order valence-corrected chi connectivity index (χ2v) is 7.76. The van der Waals surface area contributed by atoms with Gasteiger partial charge >= 0.3 is 5.97 Å². The van der Waals surface area contributed by atoms with Crippen LogP contribution < -0.4 is 5.32 Å². The second-order valence-electron chi connectivity index (χ2n) is 6.85. The van der Waals surface area contributed by atoms with E-state index in [1.165, 1.54) is 0 Å². The van der Waals surface area contributed by atoms with Crippen LogP contribution in [0.25, 0.3) is 22.6 Å². The Morgan fingerprint density at radius 3 is 2.57 bits per heavy atom. The van der Waals surface area contributed by atoms with Gasteiger partial charge in [0, 0.05) is 21.3 Å². The Morgan fingerprint density at radius 2 is 1.83 bits per heavy atom. The molecule has 0 bridgehead atoms. The summed E-state index contributed by atoms with van der Waals surface area (Å²) >= 11 is 3.35. The first-order valence-corrected chi connectivity index (χ1v) is 10.0. The van der Waals surface area contributed by atoms with Gasteiger partial charge in [0.25, 0.3) is 5.91 Å². The number of rotatable bonds is 5. The first-order chi connectivity index (χ1) is 14.4. The van der Waals surface area contributed by atoms with E-state index in [0.717, 1.165) is 4.47 Å². The maximum atomic E-state index is 12.5. The minimum Gasteiger partial charge on any atom is -0.481 e. The van der Waals surface area contributed by atoms with E-state index in [2.05, 4.69) is 26.2 Å². The Kier molecular flexibility index (Phi) is 5.37. The van der Waals surface area contributed by atoms with Crippen LogP contribution in [0.1, 0.15) is 28.8 Å². The maximum Gasteiger partial charge on any atom is 0.310 e. The van der Waals surface area contributed by atoms with E-state index < -0.39 is 11.9 Å². The van der Waals surface area contributed by atoms with Gasteiger partial charge in [0.15, 0.2) is 5.58 Å². The topological polar surface area (TPSA) is 92.4 Å². The van der Waals surface area contributed by atoms with Crippen LogP contribution >= 0.6 is 15.9 Å². The number of amides is 1. The van der Waals surface area contributed by atoms with Crippen molar-refractivity contribution in [3.8, 4) is 11.5 Å². The average Bonchev–Trinajstić information content (AvgIpc) is 3.17. The number of carboxylic acid groups (broad SMARTS) is 1. The first kappa shape index (κ1) is 19.8. The number of oxazole rings is 1. The number of carboxylic acids is 1. The number of aliphatic carboxylic acids is 1. The Balaban J connectivity index is 1.60. The maximum absolute atomic E-state index is 12.5. The SMILES string of the molecule is CC(C(=O)O)c1ccc2oc(-c3cccc(NC(=O)c4ccc(Br)cc4)c3)nc2c1. The van der Waals surface area contributed by atoms with Crippen molar-refractivity contribution in [3.05, 3.63) is 82.3 Å². The number of carbonyl (C=O) groups excluding carboxylic acids is 1. The molecular weight excluding hydrogens is 448 g/mol. The summed E-state index contributed by atoms with van der Waals surface area (Å²) in [4.78, 5) is 28.2. The highest BCUT2D eigenvalue weighted by molar-refractivity contribution is 9.10. The molecule has 0 aliphatic carbocycles. The van der Waals surface area contributed by atoms with Crippen LogP contribution in [0.3, 0.4) is 0 Å². The number of benzene rings is 3. The van der Waals surface area contributed by atoms with Gasteiger partial charge in [0.2, 0.25) is 5.89 Å². The molecule has 6 nitrogen and oxygen atoms in total. The monoisotopic (exact) mass is 464 g/mol. The van der Waals surface area contributed by atoms with E-state index in [0.29, 0.717) is 39.4 Å². The molecule has 0 spiro atoms. The molecule has 0 radical (unpaired) electrons. The number of aromatic nitrogens is 1. The highest BCUT2D eigenvalue weighted by atomic mass is 79.9. The minimum atomic E-state index is -0.896. The van der Waals surface area contributed by atoms with Crippen molar-refractivity contribution < 1.29 is 19.1 Å². The lowest BCUT2D eigenvalue weighted by Gasteiger charge is -2.06. The fourth-order valence-electron chi connectivity index (χ4n) is 3.01. The Bertz CT molecular complexity index is 1250. The molecule has 0 aliphatic rings. The molecule has 4 aromatic rings. The first-order valence-electron chi connectivity index (χ1n) is 9.21. The molecule has 7 heteroatoms. The number of nitrogens with one attached hydrogen (secondary N) is 1. The van der Waals surface area contributed by atoms with E-state index in [4.69, 9.17) is 4.42 Å². The summed E-state index contributed by atoms with van der Waals surface area (Å²) in [5, 5.41) is 12.1. The van der Waals surface area contributed by atoms with Gasteiger partial charge in [-0.3, -0.25) is 9.59 Å². The molecule has 150 valence electrons. The summed E-state index contributed by atoms with van der Waals surface area (Å²) in [5.74, 6) is -1.35. The lowest BCUT2D eigenvalue weighted by atomic mass is 10.0. The van der Waals surface area contributed by atoms with E-state index in [1.807, 2.05) is 18.2 Å². The van der Waals surface area contributed by atoms with Crippen molar-refractivity contribution in [3.63, 3.8) is 0 Å². The molecule has 1 aromatic heterocycles. The van der Waals surface area contributed by atoms with Crippen LogP contribution in [0.2, 0.25) is 0 Å². The van der Waals surface area contributed by atoms with Crippen LogP contribution in [0.15, 0.2) is 75.6 Å². The number of halogens is 1. The van der Waals surface area contributed by atoms with Crippen molar-refractivity contribution in [1.29, 1.82) is 0 Å². The summed E-state index contributed by atoms with van der Waals surface area (Å²) < 4.78 is 6.73. The molecule has 0 fully saturated rings. The number of fused-ring (bicyclic) bond motifs is 1. The zero-order valence-corrected chi connectivity index (χ0v) is 17.5. The van der Waals surface area contributed by atoms with E-state index in [9.17, 15) is 14.7 Å². The van der Waals surface area contributed by atoms with Crippen LogP contribution in [-0.2, 0) is 4.79 Å². The number of nitrogens with zero attached hydrogens (tertiary/aromatic N) is 1. The van der Waals surface area contributed by atoms with Gasteiger partial charge < -0.3 is 14.8 Å². The Morgan fingerprint density at radius 1 is 1.07 bits per heavy atom. The molecule has 1 heterocycles. The molecule has 0 saturated heterocycles. The van der Waals surface area contributed by atoms with Crippen LogP contribution in [0.5, 0.6) is 0 Å². The Labute approximate surface area is 180 Å². The predicted molar refractivity (Wildman–Crippen MR) is 118 cm³/mol. The van der Waals surface area contributed by atoms with Gasteiger partial charge in [0.05, 0.1) is 5.92 Å². The summed E-state index contributed by atoms with van der Waals surface area (Å²) in [7, 11) is 0. The van der Waals surface area contributed by atoms with E-state index in [1.54, 1.807) is 55.5 Å². The summed E-state index contributed by atoms with van der Waals surface area (Å²) in [6.07, 6.45) is 0. The highest BCUT2D eigenvalue weighted by Gasteiger charge is 2.16. The zero-order chi connectivity index (χ0) is 21.3. The van der Waals surface area contributed by atoms with Crippen molar-refractivity contribution in [1.82, 2.24) is 4.98 Å². The zero-order valence-electron chi connectivity index (χ0n) is 15.9. The molecule has 1 atom stereocenters. The number of hydrogen-bond acceptors (Lipinski definition) is 4. The van der Waals surface area contributed by atoms with Gasteiger partial charge in [-0.25, -0.2) is 4.98 Å². The lowest BCUT2D eigenvalue weighted by Crippen LogP contribution is -2.11. The van der Waals surface area contributed by atoms with Gasteiger partial charge in [-0.05, 0) is 67.1 Å². The molecule has 0 saturated carbocycles. The van der Waals surface area contributed by atoms with Gasteiger partial charge in [-0.1, -0.05) is 28.1 Å². The van der Waals surface area contributed by atoms with E-state index in [-0.39, 0.29) is 5.91 Å². The normalized spacial score (nSPS) is 11.9. The molecule has 1 amide bonds. The van der Waals surface area contributed by atoms with Crippen LogP contribution in [0, 0.1) is 0 Å². The van der Waals surface area contributed by atoms with Crippen molar-refractivity contribution >= 4 is 44.6 Å². The minimum absolute atomic E-state index is 0.218.